The number of hydrogen-bond donors (Lipinski definition) is 1. The lowest BCUT2D eigenvalue weighted by atomic mass is 10.1. The number of nitrogens with zero attached hydrogens (tertiary/aromatic N) is 7. The molecule has 0 spiro atoms. The lowest BCUT2D eigenvalue weighted by Crippen LogP contribution is -2.50. The van der Waals surface area contributed by atoms with E-state index in [1.165, 1.54) is 23.9 Å². The van der Waals surface area contributed by atoms with E-state index in [1.807, 2.05) is 61.5 Å². The van der Waals surface area contributed by atoms with Crippen LogP contribution in [0.25, 0.3) is 11.3 Å². The number of thioether (sulfide) groups is 1. The van der Waals surface area contributed by atoms with Crippen LogP contribution >= 0.6 is 11.8 Å². The molecule has 1 fully saturated rings. The Kier molecular flexibility index (Phi) is 11.5. The maximum absolute atomic E-state index is 13.3. The Morgan fingerprint density at radius 3 is 2.37 bits per heavy atom. The second kappa shape index (κ2) is 16.5. The highest BCUT2D eigenvalue weighted by atomic mass is 32.2. The van der Waals surface area contributed by atoms with Gasteiger partial charge in [0.25, 0.3) is 9.84 Å². The van der Waals surface area contributed by atoms with Crippen LogP contribution in [0, 0.1) is 16.5 Å². The number of hydrogen-bond acceptors (Lipinski definition) is 14. The van der Waals surface area contributed by atoms with Gasteiger partial charge in [0.15, 0.2) is 11.0 Å². The van der Waals surface area contributed by atoms with E-state index < -0.39 is 20.7 Å². The van der Waals surface area contributed by atoms with Crippen LogP contribution in [-0.2, 0) is 14.6 Å². The fourth-order valence-corrected chi connectivity index (χ4v) is 7.44. The molecule has 3 aromatic carbocycles. The number of carbonyl (C=O) groups is 1. The van der Waals surface area contributed by atoms with Crippen molar-refractivity contribution in [1.82, 2.24) is 24.9 Å². The first kappa shape index (κ1) is 36.1. The summed E-state index contributed by atoms with van der Waals surface area (Å²) in [6, 6.07) is 26.4. The SMILES string of the molecule is CCOc1ccc(Nc2nc(SCC(=O)N3CCN(CCOc4no[n+]([O-])c4S(=O)(=O)c4ccccc4)CC3)nc(-c3ccccc3)c2C#N)cc1. The summed E-state index contributed by atoms with van der Waals surface area (Å²) in [5.41, 5.74) is 2.19. The summed E-state index contributed by atoms with van der Waals surface area (Å²) in [5.74, 6) is 0.635. The molecule has 17 heteroatoms. The van der Waals surface area contributed by atoms with Crippen LogP contribution in [0.4, 0.5) is 11.5 Å². The Morgan fingerprint density at radius 2 is 1.69 bits per heavy atom. The average molecular weight is 743 g/mol. The van der Waals surface area contributed by atoms with Gasteiger partial charge in [0, 0.05) is 44.0 Å². The van der Waals surface area contributed by atoms with E-state index in [-0.39, 0.29) is 33.6 Å². The Bertz CT molecular complexity index is 2140. The fourth-order valence-electron chi connectivity index (χ4n) is 5.39. The first-order valence-corrected chi connectivity index (χ1v) is 18.8. The van der Waals surface area contributed by atoms with E-state index in [1.54, 1.807) is 23.1 Å². The number of sulfone groups is 1. The van der Waals surface area contributed by atoms with Crippen molar-refractivity contribution in [2.45, 2.75) is 22.0 Å². The summed E-state index contributed by atoms with van der Waals surface area (Å²) < 4.78 is 41.6. The molecule has 0 saturated carbocycles. The van der Waals surface area contributed by atoms with Crippen molar-refractivity contribution >= 4 is 39.0 Å². The maximum atomic E-state index is 13.3. The molecule has 0 unspecified atom stereocenters. The summed E-state index contributed by atoms with van der Waals surface area (Å²) in [6.45, 7) is 4.93. The zero-order valence-electron chi connectivity index (χ0n) is 28.0. The maximum Gasteiger partial charge on any atom is 0.415 e. The van der Waals surface area contributed by atoms with Crippen molar-refractivity contribution in [3.8, 4) is 29.0 Å². The first-order valence-electron chi connectivity index (χ1n) is 16.3. The lowest BCUT2D eigenvalue weighted by Gasteiger charge is -2.34. The molecule has 1 saturated heterocycles. The van der Waals surface area contributed by atoms with Crippen molar-refractivity contribution in [2.75, 3.05) is 57.0 Å². The quantitative estimate of drug-likeness (QED) is 0.0978. The molecule has 0 radical (unpaired) electrons. The van der Waals surface area contributed by atoms with E-state index >= 15 is 0 Å². The number of benzene rings is 3. The van der Waals surface area contributed by atoms with Gasteiger partial charge in [0.2, 0.25) is 5.91 Å². The van der Waals surface area contributed by atoms with Crippen LogP contribution in [0.1, 0.15) is 12.5 Å². The smallest absolute Gasteiger partial charge is 0.415 e. The van der Waals surface area contributed by atoms with Gasteiger partial charge in [-0.15, -0.1) is 0 Å². The summed E-state index contributed by atoms with van der Waals surface area (Å²) in [4.78, 5) is 26.2. The molecule has 1 amide bonds. The van der Waals surface area contributed by atoms with Crippen LogP contribution < -0.4 is 19.7 Å². The van der Waals surface area contributed by atoms with E-state index in [2.05, 4.69) is 36.0 Å². The van der Waals surface area contributed by atoms with Crippen molar-refractivity contribution in [2.24, 2.45) is 0 Å². The van der Waals surface area contributed by atoms with Crippen LogP contribution in [-0.4, -0.2) is 90.9 Å². The number of rotatable bonds is 14. The number of aromatic nitrogens is 4. The number of ether oxygens (including phenoxy) is 2. The second-order valence-electron chi connectivity index (χ2n) is 11.4. The molecule has 1 aliphatic heterocycles. The summed E-state index contributed by atoms with van der Waals surface area (Å²) in [6.07, 6.45) is 0. The van der Waals surface area contributed by atoms with Gasteiger partial charge >= 0.3 is 10.9 Å². The standard InChI is InChI=1S/C35H34N8O7S2/c1-2-48-27-15-13-26(14-16-27)37-32-29(23-36)31(25-9-5-3-6-10-25)38-35(39-32)51-24-30(44)42-19-17-41(18-20-42)21-22-49-33-34(43(45)50-40-33)52(46,47)28-11-7-4-8-12-28/h3-16H,2,17-22,24H2,1H3,(H,37,38,39). The van der Waals surface area contributed by atoms with Gasteiger partial charge in [-0.1, -0.05) is 60.3 Å². The van der Waals surface area contributed by atoms with Gasteiger partial charge in [-0.05, 0) is 48.2 Å². The van der Waals surface area contributed by atoms with Crippen LogP contribution in [0.15, 0.2) is 105 Å². The van der Waals surface area contributed by atoms with Crippen molar-refractivity contribution in [3.63, 3.8) is 0 Å². The minimum atomic E-state index is -4.22. The topological polar surface area (TPSA) is 191 Å². The molecule has 0 bridgehead atoms. The van der Waals surface area contributed by atoms with E-state index in [0.717, 1.165) is 11.3 Å². The third kappa shape index (κ3) is 8.42. The molecule has 6 rings (SSSR count). The molecule has 0 atom stereocenters. The minimum absolute atomic E-state index is 0.0421. The van der Waals surface area contributed by atoms with Crippen molar-refractivity contribution < 1.29 is 32.2 Å². The Labute approximate surface area is 304 Å². The summed E-state index contributed by atoms with van der Waals surface area (Å²) in [7, 11) is -4.22. The van der Waals surface area contributed by atoms with Crippen molar-refractivity contribution in [1.29, 1.82) is 5.26 Å². The Morgan fingerprint density at radius 1 is 1.00 bits per heavy atom. The van der Waals surface area contributed by atoms with E-state index in [9.17, 15) is 23.7 Å². The highest BCUT2D eigenvalue weighted by Gasteiger charge is 2.36. The molecule has 1 N–H and O–H groups in total. The van der Waals surface area contributed by atoms with Gasteiger partial charge in [-0.2, -0.15) is 5.26 Å². The molecular weight excluding hydrogens is 709 g/mol. The zero-order chi connectivity index (χ0) is 36.5. The van der Waals surface area contributed by atoms with Gasteiger partial charge in [-0.3, -0.25) is 14.3 Å². The van der Waals surface area contributed by atoms with Gasteiger partial charge < -0.3 is 24.9 Å². The molecule has 5 aromatic rings. The third-order valence-electron chi connectivity index (χ3n) is 8.03. The van der Waals surface area contributed by atoms with Crippen molar-refractivity contribution in [3.05, 3.63) is 95.7 Å². The molecule has 2 aromatic heterocycles. The predicted octanol–water partition coefficient (Wildman–Crippen LogP) is 3.93. The van der Waals surface area contributed by atoms with Crippen LogP contribution in [0.2, 0.25) is 0 Å². The van der Waals surface area contributed by atoms with Gasteiger partial charge in [0.1, 0.15) is 24.0 Å². The van der Waals surface area contributed by atoms with Gasteiger partial charge in [-0.25, -0.2) is 18.4 Å². The average Bonchev–Trinajstić information content (AvgIpc) is 3.56. The van der Waals surface area contributed by atoms with E-state index in [0.29, 0.717) is 61.7 Å². The molecule has 15 nitrogen and oxygen atoms in total. The highest BCUT2D eigenvalue weighted by molar-refractivity contribution is 7.99. The number of nitrogens with one attached hydrogen (secondary N) is 1. The van der Waals surface area contributed by atoms with Gasteiger partial charge in [0.05, 0.1) is 28.1 Å². The highest BCUT2D eigenvalue weighted by Crippen LogP contribution is 2.31. The molecular formula is C35H34N8O7S2. The fraction of sp³-hybridized carbons (Fsp3) is 0.257. The number of carbonyl (C=O) groups excluding carboxylic acids is 1. The van der Waals surface area contributed by atoms with E-state index in [4.69, 9.17) is 9.47 Å². The van der Waals surface area contributed by atoms with Crippen LogP contribution in [0.3, 0.4) is 0 Å². The third-order valence-corrected chi connectivity index (χ3v) is 10.6. The zero-order valence-corrected chi connectivity index (χ0v) is 29.7. The van der Waals surface area contributed by atoms with Crippen LogP contribution in [0.5, 0.6) is 11.6 Å². The molecule has 268 valence electrons. The molecule has 52 heavy (non-hydrogen) atoms. The predicted molar refractivity (Wildman–Crippen MR) is 190 cm³/mol. The summed E-state index contributed by atoms with van der Waals surface area (Å²) in [5, 5.41) is 28.7. The first-order chi connectivity index (χ1) is 25.3. The number of nitriles is 1. The monoisotopic (exact) mass is 742 g/mol. The lowest BCUT2D eigenvalue weighted by molar-refractivity contribution is -0.832. The Hall–Kier alpha value is -5.70. The largest absolute Gasteiger partial charge is 0.494 e. The Balaban J connectivity index is 1.05. The number of anilines is 2. The molecule has 1 aliphatic rings. The molecule has 3 heterocycles. The second-order valence-corrected chi connectivity index (χ2v) is 14.2. The summed E-state index contributed by atoms with van der Waals surface area (Å²) >= 11 is 1.19. The number of amides is 1. The minimum Gasteiger partial charge on any atom is -0.494 e. The number of piperazine rings is 1. The molecule has 0 aliphatic carbocycles. The normalized spacial score (nSPS) is 13.3.